The SMILES string of the molecule is CN(Cc1ccoc1)c1cc2nc[nH]c(=O)c2cc1N. The number of fused-ring (bicyclic) bond motifs is 1. The van der Waals surface area contributed by atoms with E-state index in [-0.39, 0.29) is 5.56 Å². The number of hydrogen-bond donors (Lipinski definition) is 2. The van der Waals surface area contributed by atoms with Crippen LogP contribution in [0.5, 0.6) is 0 Å². The Balaban J connectivity index is 2.03. The number of hydrogen-bond acceptors (Lipinski definition) is 5. The highest BCUT2D eigenvalue weighted by molar-refractivity contribution is 5.88. The molecule has 2 heterocycles. The van der Waals surface area contributed by atoms with Crippen molar-refractivity contribution in [1.29, 1.82) is 0 Å². The molecular formula is C14H14N4O2. The molecule has 2 aromatic heterocycles. The molecule has 3 N–H and O–H groups in total. The Morgan fingerprint density at radius 2 is 2.30 bits per heavy atom. The van der Waals surface area contributed by atoms with Crippen molar-refractivity contribution in [3.63, 3.8) is 0 Å². The first-order valence-corrected chi connectivity index (χ1v) is 6.14. The van der Waals surface area contributed by atoms with Gasteiger partial charge >= 0.3 is 0 Å². The quantitative estimate of drug-likeness (QED) is 0.708. The number of benzene rings is 1. The van der Waals surface area contributed by atoms with Gasteiger partial charge in [0.25, 0.3) is 5.56 Å². The highest BCUT2D eigenvalue weighted by Crippen LogP contribution is 2.27. The van der Waals surface area contributed by atoms with Crippen LogP contribution in [0.2, 0.25) is 0 Å². The smallest absolute Gasteiger partial charge is 0.258 e. The van der Waals surface area contributed by atoms with Crippen LogP contribution in [-0.4, -0.2) is 17.0 Å². The van der Waals surface area contributed by atoms with Crippen molar-refractivity contribution in [3.05, 3.63) is 53.0 Å². The number of aromatic nitrogens is 2. The average Bonchev–Trinajstić information content (AvgIpc) is 2.92. The Bertz CT molecular complexity index is 793. The Morgan fingerprint density at radius 3 is 3.05 bits per heavy atom. The number of nitrogen functional groups attached to an aromatic ring is 1. The molecule has 0 bridgehead atoms. The van der Waals surface area contributed by atoms with Gasteiger partial charge in [0.1, 0.15) is 0 Å². The van der Waals surface area contributed by atoms with Crippen molar-refractivity contribution in [2.75, 3.05) is 17.7 Å². The van der Waals surface area contributed by atoms with E-state index in [4.69, 9.17) is 10.2 Å². The number of rotatable bonds is 3. The van der Waals surface area contributed by atoms with Gasteiger partial charge in [-0.25, -0.2) is 4.98 Å². The number of aromatic amines is 1. The third-order valence-electron chi connectivity index (χ3n) is 3.20. The molecule has 0 aliphatic carbocycles. The largest absolute Gasteiger partial charge is 0.472 e. The van der Waals surface area contributed by atoms with Crippen LogP contribution in [0.1, 0.15) is 5.56 Å². The number of nitrogens with one attached hydrogen (secondary N) is 1. The maximum Gasteiger partial charge on any atom is 0.258 e. The van der Waals surface area contributed by atoms with Gasteiger partial charge in [-0.15, -0.1) is 0 Å². The lowest BCUT2D eigenvalue weighted by molar-refractivity contribution is 0.563. The predicted octanol–water partition coefficient (Wildman–Crippen LogP) is 1.73. The lowest BCUT2D eigenvalue weighted by atomic mass is 10.1. The fourth-order valence-corrected chi connectivity index (χ4v) is 2.19. The van der Waals surface area contributed by atoms with Gasteiger partial charge in [0.15, 0.2) is 0 Å². The van der Waals surface area contributed by atoms with Gasteiger partial charge in [0, 0.05) is 19.2 Å². The minimum absolute atomic E-state index is 0.189. The second-order valence-corrected chi connectivity index (χ2v) is 4.65. The summed E-state index contributed by atoms with van der Waals surface area (Å²) in [4.78, 5) is 20.4. The number of nitrogens with two attached hydrogens (primary N) is 1. The molecule has 6 heteroatoms. The fourth-order valence-electron chi connectivity index (χ4n) is 2.19. The molecule has 0 fully saturated rings. The van der Waals surface area contributed by atoms with Crippen LogP contribution in [-0.2, 0) is 6.54 Å². The van der Waals surface area contributed by atoms with Gasteiger partial charge < -0.3 is 20.0 Å². The third-order valence-corrected chi connectivity index (χ3v) is 3.20. The van der Waals surface area contributed by atoms with Gasteiger partial charge in [0.05, 0.1) is 41.1 Å². The first-order valence-electron chi connectivity index (χ1n) is 6.14. The highest BCUT2D eigenvalue weighted by Gasteiger charge is 2.10. The van der Waals surface area contributed by atoms with Crippen molar-refractivity contribution in [3.8, 4) is 0 Å². The Hall–Kier alpha value is -2.76. The number of anilines is 2. The van der Waals surface area contributed by atoms with E-state index in [1.54, 1.807) is 18.6 Å². The Labute approximate surface area is 114 Å². The van der Waals surface area contributed by atoms with Crippen molar-refractivity contribution in [2.45, 2.75) is 6.54 Å². The lowest BCUT2D eigenvalue weighted by Crippen LogP contribution is -2.18. The van der Waals surface area contributed by atoms with Crippen molar-refractivity contribution in [1.82, 2.24) is 9.97 Å². The molecule has 0 saturated heterocycles. The topological polar surface area (TPSA) is 88.2 Å². The molecule has 0 unspecified atom stereocenters. The van der Waals surface area contributed by atoms with E-state index < -0.39 is 0 Å². The molecule has 6 nitrogen and oxygen atoms in total. The molecule has 0 spiro atoms. The zero-order valence-electron chi connectivity index (χ0n) is 11.0. The normalized spacial score (nSPS) is 10.8. The third kappa shape index (κ3) is 2.11. The second kappa shape index (κ2) is 4.73. The zero-order chi connectivity index (χ0) is 14.1. The molecule has 3 aromatic rings. The van der Waals surface area contributed by atoms with Crippen LogP contribution < -0.4 is 16.2 Å². The van der Waals surface area contributed by atoms with Gasteiger partial charge in [-0.1, -0.05) is 0 Å². The monoisotopic (exact) mass is 270 g/mol. The summed E-state index contributed by atoms with van der Waals surface area (Å²) >= 11 is 0. The molecule has 0 radical (unpaired) electrons. The van der Waals surface area contributed by atoms with Crippen LogP contribution in [0.25, 0.3) is 10.9 Å². The van der Waals surface area contributed by atoms with Gasteiger partial charge in [-0.3, -0.25) is 4.79 Å². The minimum atomic E-state index is -0.189. The van der Waals surface area contributed by atoms with E-state index in [1.807, 2.05) is 24.1 Å². The van der Waals surface area contributed by atoms with Crippen LogP contribution >= 0.6 is 0 Å². The first-order chi connectivity index (χ1) is 9.65. The van der Waals surface area contributed by atoms with Gasteiger partial charge in [0.2, 0.25) is 0 Å². The summed E-state index contributed by atoms with van der Waals surface area (Å²) < 4.78 is 5.05. The minimum Gasteiger partial charge on any atom is -0.472 e. The molecule has 0 aliphatic heterocycles. The first kappa shape index (κ1) is 12.3. The maximum atomic E-state index is 11.7. The number of furan rings is 1. The van der Waals surface area contributed by atoms with Crippen LogP contribution in [0, 0.1) is 0 Å². The molecular weight excluding hydrogens is 256 g/mol. The number of nitrogens with zero attached hydrogens (tertiary/aromatic N) is 2. The van der Waals surface area contributed by atoms with E-state index in [0.29, 0.717) is 23.1 Å². The molecule has 3 rings (SSSR count). The van der Waals surface area contributed by atoms with E-state index in [0.717, 1.165) is 11.3 Å². The van der Waals surface area contributed by atoms with E-state index in [9.17, 15) is 4.79 Å². The Kier molecular flexibility index (Phi) is 2.90. The van der Waals surface area contributed by atoms with Gasteiger partial charge in [-0.2, -0.15) is 0 Å². The molecule has 0 aliphatic rings. The van der Waals surface area contributed by atoms with Crippen molar-refractivity contribution in [2.24, 2.45) is 0 Å². The zero-order valence-corrected chi connectivity index (χ0v) is 11.0. The molecule has 0 atom stereocenters. The van der Waals surface area contributed by atoms with Crippen molar-refractivity contribution < 1.29 is 4.42 Å². The van der Waals surface area contributed by atoms with Crippen LogP contribution in [0.4, 0.5) is 11.4 Å². The summed E-state index contributed by atoms with van der Waals surface area (Å²) in [5.41, 5.74) is 8.89. The number of H-pyrrole nitrogens is 1. The van der Waals surface area contributed by atoms with E-state index >= 15 is 0 Å². The average molecular weight is 270 g/mol. The predicted molar refractivity (Wildman–Crippen MR) is 77.6 cm³/mol. The Morgan fingerprint density at radius 1 is 1.45 bits per heavy atom. The standard InChI is InChI=1S/C14H14N4O2/c1-18(6-9-2-3-20-7-9)13-5-12-10(4-11(13)15)14(19)17-8-16-12/h2-5,7-8H,6,15H2,1H3,(H,16,17,19). The highest BCUT2D eigenvalue weighted by atomic mass is 16.3. The summed E-state index contributed by atoms with van der Waals surface area (Å²) in [5.74, 6) is 0. The molecule has 0 amide bonds. The lowest BCUT2D eigenvalue weighted by Gasteiger charge is -2.20. The molecule has 102 valence electrons. The van der Waals surface area contributed by atoms with E-state index in [2.05, 4.69) is 9.97 Å². The van der Waals surface area contributed by atoms with E-state index in [1.165, 1.54) is 6.33 Å². The van der Waals surface area contributed by atoms with Crippen molar-refractivity contribution >= 4 is 22.3 Å². The summed E-state index contributed by atoms with van der Waals surface area (Å²) in [6.07, 6.45) is 4.71. The molecule has 0 saturated carbocycles. The summed E-state index contributed by atoms with van der Waals surface area (Å²) in [6.45, 7) is 0.662. The molecule has 1 aromatic carbocycles. The summed E-state index contributed by atoms with van der Waals surface area (Å²) in [6, 6.07) is 5.37. The van der Waals surface area contributed by atoms with Crippen LogP contribution in [0.15, 0.2) is 46.3 Å². The second-order valence-electron chi connectivity index (χ2n) is 4.65. The molecule has 20 heavy (non-hydrogen) atoms. The maximum absolute atomic E-state index is 11.7. The fraction of sp³-hybridized carbons (Fsp3) is 0.143. The summed E-state index contributed by atoms with van der Waals surface area (Å²) in [7, 11) is 1.93. The van der Waals surface area contributed by atoms with Gasteiger partial charge in [-0.05, 0) is 18.2 Å². The van der Waals surface area contributed by atoms with Crippen LogP contribution in [0.3, 0.4) is 0 Å². The summed E-state index contributed by atoms with van der Waals surface area (Å²) in [5, 5.41) is 0.491.